The van der Waals surface area contributed by atoms with Crippen molar-refractivity contribution in [1.29, 1.82) is 0 Å². The zero-order valence-corrected chi connectivity index (χ0v) is 17.4. The highest BCUT2D eigenvalue weighted by Gasteiger charge is 2.44. The monoisotopic (exact) mass is 438 g/mol. The number of nitrogens with zero attached hydrogens (tertiary/aromatic N) is 2. The van der Waals surface area contributed by atoms with E-state index in [-0.39, 0.29) is 30.7 Å². The van der Waals surface area contributed by atoms with Gasteiger partial charge in [-0.15, -0.1) is 0 Å². The Morgan fingerprint density at radius 2 is 1.55 bits per heavy atom. The van der Waals surface area contributed by atoms with E-state index in [1.165, 1.54) is 4.90 Å². The Morgan fingerprint density at radius 3 is 2.13 bits per heavy atom. The SMILES string of the molecule is O=C(O)CCC(NC(=O)C1CCCN1C(=O)C1CCCN1C(=O)C1CCCN1)C(=O)O. The quantitative estimate of drug-likeness (QED) is 0.382. The van der Waals surface area contributed by atoms with E-state index in [1.54, 1.807) is 4.90 Å². The van der Waals surface area contributed by atoms with Crippen LogP contribution in [0.2, 0.25) is 0 Å². The second-order valence-electron chi connectivity index (χ2n) is 8.36. The summed E-state index contributed by atoms with van der Waals surface area (Å²) in [4.78, 5) is 64.1. The van der Waals surface area contributed by atoms with E-state index in [1.807, 2.05) is 0 Å². The van der Waals surface area contributed by atoms with Crippen LogP contribution in [-0.4, -0.2) is 93.5 Å². The van der Waals surface area contributed by atoms with E-state index in [4.69, 9.17) is 5.11 Å². The molecule has 3 fully saturated rings. The molecule has 0 aromatic carbocycles. The van der Waals surface area contributed by atoms with E-state index in [2.05, 4.69) is 10.6 Å². The van der Waals surface area contributed by atoms with E-state index >= 15 is 0 Å². The number of rotatable bonds is 8. The maximum absolute atomic E-state index is 13.3. The van der Waals surface area contributed by atoms with Gasteiger partial charge in [0.25, 0.3) is 0 Å². The molecule has 31 heavy (non-hydrogen) atoms. The van der Waals surface area contributed by atoms with Crippen LogP contribution in [0.3, 0.4) is 0 Å². The second kappa shape index (κ2) is 10.1. The van der Waals surface area contributed by atoms with Gasteiger partial charge >= 0.3 is 11.9 Å². The van der Waals surface area contributed by atoms with Crippen molar-refractivity contribution in [3.63, 3.8) is 0 Å². The van der Waals surface area contributed by atoms with E-state index in [0.717, 1.165) is 25.8 Å². The van der Waals surface area contributed by atoms with Crippen LogP contribution < -0.4 is 10.6 Å². The molecule has 0 aromatic rings. The fraction of sp³-hybridized carbons (Fsp3) is 0.750. The molecule has 0 aliphatic carbocycles. The lowest BCUT2D eigenvalue weighted by Gasteiger charge is -2.32. The van der Waals surface area contributed by atoms with Crippen LogP contribution in [0.5, 0.6) is 0 Å². The molecular weight excluding hydrogens is 408 g/mol. The number of nitrogens with one attached hydrogen (secondary N) is 2. The molecule has 3 heterocycles. The molecule has 0 radical (unpaired) electrons. The molecule has 3 rings (SSSR count). The average Bonchev–Trinajstić information content (AvgIpc) is 3.49. The second-order valence-corrected chi connectivity index (χ2v) is 8.36. The summed E-state index contributed by atoms with van der Waals surface area (Å²) in [5.74, 6) is -3.42. The molecular formula is C20H30N4O7. The van der Waals surface area contributed by atoms with Gasteiger partial charge in [-0.05, 0) is 51.5 Å². The maximum Gasteiger partial charge on any atom is 0.326 e. The van der Waals surface area contributed by atoms with Crippen LogP contribution >= 0.6 is 0 Å². The van der Waals surface area contributed by atoms with Gasteiger partial charge in [-0.25, -0.2) is 4.79 Å². The number of carboxylic acid groups (broad SMARTS) is 2. The van der Waals surface area contributed by atoms with Crippen LogP contribution in [0.4, 0.5) is 0 Å². The number of hydrogen-bond donors (Lipinski definition) is 4. The highest BCUT2D eigenvalue weighted by molar-refractivity contribution is 5.95. The zero-order chi connectivity index (χ0) is 22.5. The first-order valence-corrected chi connectivity index (χ1v) is 10.9. The van der Waals surface area contributed by atoms with Crippen LogP contribution in [0.15, 0.2) is 0 Å². The summed E-state index contributed by atoms with van der Waals surface area (Å²) >= 11 is 0. The van der Waals surface area contributed by atoms with Crippen molar-refractivity contribution in [3.8, 4) is 0 Å². The molecule has 3 aliphatic rings. The molecule has 4 N–H and O–H groups in total. The molecule has 0 aromatic heterocycles. The van der Waals surface area contributed by atoms with Crippen LogP contribution in [0.25, 0.3) is 0 Å². The highest BCUT2D eigenvalue weighted by atomic mass is 16.4. The summed E-state index contributed by atoms with van der Waals surface area (Å²) < 4.78 is 0. The summed E-state index contributed by atoms with van der Waals surface area (Å²) in [5.41, 5.74) is 0. The van der Waals surface area contributed by atoms with E-state index < -0.39 is 36.0 Å². The van der Waals surface area contributed by atoms with Crippen molar-refractivity contribution < 1.29 is 34.2 Å². The molecule has 11 nitrogen and oxygen atoms in total. The largest absolute Gasteiger partial charge is 0.481 e. The van der Waals surface area contributed by atoms with Crippen LogP contribution in [-0.2, 0) is 24.0 Å². The smallest absolute Gasteiger partial charge is 0.326 e. The minimum absolute atomic E-state index is 0.0758. The average molecular weight is 438 g/mol. The Morgan fingerprint density at radius 1 is 0.903 bits per heavy atom. The van der Waals surface area contributed by atoms with Gasteiger partial charge in [-0.1, -0.05) is 0 Å². The molecule has 11 heteroatoms. The van der Waals surface area contributed by atoms with Crippen molar-refractivity contribution in [1.82, 2.24) is 20.4 Å². The number of aliphatic carboxylic acids is 2. The fourth-order valence-electron chi connectivity index (χ4n) is 4.67. The maximum atomic E-state index is 13.3. The molecule has 172 valence electrons. The number of carboxylic acids is 2. The van der Waals surface area contributed by atoms with Crippen LogP contribution in [0, 0.1) is 0 Å². The standard InChI is InChI=1S/C20H30N4O7/c25-16(26)8-7-13(20(30)31)22-17(27)14-5-2-10-23(14)19(29)15-6-3-11-24(15)18(28)12-4-1-9-21-12/h12-15,21H,1-11H2,(H,22,27)(H,25,26)(H,30,31). The lowest BCUT2D eigenvalue weighted by molar-refractivity contribution is -0.148. The van der Waals surface area contributed by atoms with Gasteiger partial charge in [-0.3, -0.25) is 19.2 Å². The summed E-state index contributed by atoms with van der Waals surface area (Å²) in [7, 11) is 0. The number of carbonyl (C=O) groups excluding carboxylic acids is 3. The zero-order valence-electron chi connectivity index (χ0n) is 17.4. The van der Waals surface area contributed by atoms with E-state index in [9.17, 15) is 29.1 Å². The predicted octanol–water partition coefficient (Wildman–Crippen LogP) is -0.845. The topological polar surface area (TPSA) is 156 Å². The Bertz CT molecular complexity index is 737. The lowest BCUT2D eigenvalue weighted by Crippen LogP contribution is -2.56. The van der Waals surface area contributed by atoms with E-state index in [0.29, 0.717) is 32.4 Å². The van der Waals surface area contributed by atoms with Crippen molar-refractivity contribution in [2.45, 2.75) is 75.5 Å². The fourth-order valence-corrected chi connectivity index (χ4v) is 4.67. The van der Waals surface area contributed by atoms with Crippen molar-refractivity contribution >= 4 is 29.7 Å². The van der Waals surface area contributed by atoms with Gasteiger partial charge in [0, 0.05) is 19.5 Å². The first-order chi connectivity index (χ1) is 14.8. The third kappa shape index (κ3) is 5.33. The summed E-state index contributed by atoms with van der Waals surface area (Å²) in [6, 6.07) is -3.03. The van der Waals surface area contributed by atoms with Gasteiger partial charge in [0.05, 0.1) is 6.04 Å². The van der Waals surface area contributed by atoms with Gasteiger partial charge in [0.2, 0.25) is 17.7 Å². The molecule has 3 amide bonds. The normalized spacial score (nSPS) is 26.6. The number of carbonyl (C=O) groups is 5. The third-order valence-electron chi connectivity index (χ3n) is 6.28. The van der Waals surface area contributed by atoms with Gasteiger partial charge in [-0.2, -0.15) is 0 Å². The molecule has 0 saturated carbocycles. The highest BCUT2D eigenvalue weighted by Crippen LogP contribution is 2.26. The predicted molar refractivity (Wildman–Crippen MR) is 107 cm³/mol. The molecule has 3 aliphatic heterocycles. The van der Waals surface area contributed by atoms with Crippen molar-refractivity contribution in [2.24, 2.45) is 0 Å². The summed E-state index contributed by atoms with van der Waals surface area (Å²) in [6.45, 7) is 1.66. The number of amides is 3. The molecule has 0 bridgehead atoms. The van der Waals surface area contributed by atoms with Crippen LogP contribution in [0.1, 0.15) is 51.4 Å². The molecule has 0 spiro atoms. The minimum Gasteiger partial charge on any atom is -0.481 e. The Labute approximate surface area is 180 Å². The lowest BCUT2D eigenvalue weighted by atomic mass is 10.1. The summed E-state index contributed by atoms with van der Waals surface area (Å²) in [6.07, 6.45) is 3.29. The number of likely N-dealkylation sites (tertiary alicyclic amines) is 2. The van der Waals surface area contributed by atoms with Gasteiger partial charge < -0.3 is 30.6 Å². The Hall–Kier alpha value is -2.69. The van der Waals surface area contributed by atoms with Gasteiger partial charge in [0.15, 0.2) is 0 Å². The van der Waals surface area contributed by atoms with Gasteiger partial charge in [0.1, 0.15) is 18.1 Å². The third-order valence-corrected chi connectivity index (χ3v) is 6.28. The Balaban J connectivity index is 1.64. The molecule has 4 atom stereocenters. The first kappa shape index (κ1) is 23.0. The minimum atomic E-state index is -1.33. The number of hydrogen-bond acceptors (Lipinski definition) is 6. The van der Waals surface area contributed by atoms with Crippen molar-refractivity contribution in [2.75, 3.05) is 19.6 Å². The summed E-state index contributed by atoms with van der Waals surface area (Å²) in [5, 5.41) is 23.6. The molecule has 4 unspecified atom stereocenters. The Kier molecular flexibility index (Phi) is 7.47. The first-order valence-electron chi connectivity index (χ1n) is 10.9. The van der Waals surface area contributed by atoms with Crippen molar-refractivity contribution in [3.05, 3.63) is 0 Å². The molecule has 3 saturated heterocycles.